The third kappa shape index (κ3) is 1.36. The molecule has 10 heavy (non-hydrogen) atoms. The molecule has 0 saturated carbocycles. The molecule has 0 unspecified atom stereocenters. The Balaban J connectivity index is 3.07. The number of methoxy groups -OCH3 is 1. The van der Waals surface area contributed by atoms with Gasteiger partial charge in [-0.1, -0.05) is 11.6 Å². The Kier molecular flexibility index (Phi) is 2.06. The van der Waals surface area contributed by atoms with Crippen LogP contribution in [0.4, 0.5) is 4.39 Å². The molecule has 0 aromatic carbocycles. The molecule has 1 aromatic rings. The van der Waals surface area contributed by atoms with Gasteiger partial charge in [0.15, 0.2) is 11.6 Å². The Labute approximate surface area is 62.6 Å². The van der Waals surface area contributed by atoms with Crippen molar-refractivity contribution in [3.63, 3.8) is 0 Å². The van der Waals surface area contributed by atoms with Gasteiger partial charge >= 0.3 is 0 Å². The van der Waals surface area contributed by atoms with Crippen molar-refractivity contribution < 1.29 is 9.13 Å². The summed E-state index contributed by atoms with van der Waals surface area (Å²) in [5.41, 5.74) is 0. The number of nitrogens with zero attached hydrogens (tertiary/aromatic N) is 1. The maximum absolute atomic E-state index is 12.6. The summed E-state index contributed by atoms with van der Waals surface area (Å²) in [7, 11) is 1.37. The van der Waals surface area contributed by atoms with Crippen LogP contribution >= 0.6 is 11.6 Å². The minimum Gasteiger partial charge on any atom is -0.492 e. The second kappa shape index (κ2) is 2.84. The average Bonchev–Trinajstić information content (AvgIpc) is 1.88. The van der Waals surface area contributed by atoms with Crippen LogP contribution in [0.25, 0.3) is 0 Å². The Hall–Kier alpha value is -0.830. The molecule has 0 saturated heterocycles. The highest BCUT2D eigenvalue weighted by Gasteiger charge is 2.01. The second-order valence-corrected chi connectivity index (χ2v) is 2.03. The average molecular weight is 162 g/mol. The topological polar surface area (TPSA) is 22.1 Å². The summed E-state index contributed by atoms with van der Waals surface area (Å²) in [4.78, 5) is 3.61. The molecule has 0 atom stereocenters. The molecule has 0 aliphatic rings. The van der Waals surface area contributed by atoms with Gasteiger partial charge in [-0.15, -0.1) is 0 Å². The van der Waals surface area contributed by atoms with Crippen molar-refractivity contribution in [2.75, 3.05) is 7.11 Å². The van der Waals surface area contributed by atoms with Gasteiger partial charge in [0.25, 0.3) is 0 Å². The van der Waals surface area contributed by atoms with Crippen molar-refractivity contribution in [3.8, 4) is 5.75 Å². The lowest BCUT2D eigenvalue weighted by Gasteiger charge is -1.98. The molecule has 1 heterocycles. The number of pyridine rings is 1. The van der Waals surface area contributed by atoms with Crippen molar-refractivity contribution in [1.82, 2.24) is 4.98 Å². The predicted molar refractivity (Wildman–Crippen MR) is 35.8 cm³/mol. The minimum absolute atomic E-state index is 0.101. The highest BCUT2D eigenvalue weighted by atomic mass is 35.5. The zero-order valence-electron chi connectivity index (χ0n) is 5.27. The van der Waals surface area contributed by atoms with E-state index in [0.717, 1.165) is 6.07 Å². The first-order valence-corrected chi connectivity index (χ1v) is 2.97. The summed E-state index contributed by atoms with van der Waals surface area (Å²) in [6, 6.07) is 1.10. The third-order valence-electron chi connectivity index (χ3n) is 1.01. The number of ether oxygens (including phenoxy) is 1. The molecule has 1 rings (SSSR count). The van der Waals surface area contributed by atoms with Crippen LogP contribution < -0.4 is 4.74 Å². The fourth-order valence-electron chi connectivity index (χ4n) is 0.545. The van der Waals surface area contributed by atoms with Gasteiger partial charge in [0.2, 0.25) is 0 Å². The first-order chi connectivity index (χ1) is 4.74. The lowest BCUT2D eigenvalue weighted by molar-refractivity contribution is 0.384. The van der Waals surface area contributed by atoms with Crippen LogP contribution in [0.2, 0.25) is 5.15 Å². The van der Waals surface area contributed by atoms with Crippen LogP contribution in [0.5, 0.6) is 5.75 Å². The summed E-state index contributed by atoms with van der Waals surface area (Å²) < 4.78 is 17.2. The van der Waals surface area contributed by atoms with E-state index in [2.05, 4.69) is 9.72 Å². The molecule has 54 valence electrons. The van der Waals surface area contributed by atoms with Crippen LogP contribution in [0.15, 0.2) is 12.3 Å². The van der Waals surface area contributed by atoms with E-state index in [0.29, 0.717) is 0 Å². The normalized spacial score (nSPS) is 9.50. The summed E-state index contributed by atoms with van der Waals surface area (Å²) in [5.74, 6) is -0.396. The highest BCUT2D eigenvalue weighted by Crippen LogP contribution is 2.17. The molecule has 1 aromatic heterocycles. The Morgan fingerprint density at radius 2 is 2.40 bits per heavy atom. The molecule has 0 N–H and O–H groups in total. The van der Waals surface area contributed by atoms with Crippen LogP contribution in [0.3, 0.4) is 0 Å². The smallest absolute Gasteiger partial charge is 0.172 e. The van der Waals surface area contributed by atoms with Gasteiger partial charge in [-0.25, -0.2) is 9.37 Å². The maximum Gasteiger partial charge on any atom is 0.172 e. The van der Waals surface area contributed by atoms with Crippen molar-refractivity contribution in [2.24, 2.45) is 0 Å². The standard InChI is InChI=1S/C6H5ClFNO/c1-10-5-3-9-6(7)2-4(5)8/h2-3H,1H3. The van der Waals surface area contributed by atoms with Gasteiger partial charge in [0.1, 0.15) is 5.15 Å². The van der Waals surface area contributed by atoms with Crippen LogP contribution in [0, 0.1) is 5.82 Å². The van der Waals surface area contributed by atoms with Gasteiger partial charge in [0, 0.05) is 6.07 Å². The monoisotopic (exact) mass is 161 g/mol. The molecule has 0 radical (unpaired) electrons. The van der Waals surface area contributed by atoms with Crippen LogP contribution in [-0.2, 0) is 0 Å². The Morgan fingerprint density at radius 3 is 2.90 bits per heavy atom. The van der Waals surface area contributed by atoms with E-state index in [1.165, 1.54) is 13.3 Å². The molecular weight excluding hydrogens is 157 g/mol. The second-order valence-electron chi connectivity index (χ2n) is 1.64. The molecule has 0 aliphatic heterocycles. The molecular formula is C6H5ClFNO. The lowest BCUT2D eigenvalue weighted by atomic mass is 10.4. The summed E-state index contributed by atoms with van der Waals surface area (Å²) in [6.07, 6.45) is 1.23. The molecule has 4 heteroatoms. The third-order valence-corrected chi connectivity index (χ3v) is 1.21. The summed E-state index contributed by atoms with van der Waals surface area (Å²) in [5, 5.41) is 0.123. The van der Waals surface area contributed by atoms with Crippen molar-refractivity contribution >= 4 is 11.6 Å². The Morgan fingerprint density at radius 1 is 1.70 bits per heavy atom. The Bertz CT molecular complexity index is 241. The molecule has 0 bridgehead atoms. The van der Waals surface area contributed by atoms with Gasteiger partial charge in [-0.3, -0.25) is 0 Å². The van der Waals surface area contributed by atoms with Gasteiger partial charge < -0.3 is 4.74 Å². The minimum atomic E-state index is -0.498. The first kappa shape index (κ1) is 7.28. The molecule has 0 fully saturated rings. The fourth-order valence-corrected chi connectivity index (χ4v) is 0.690. The first-order valence-electron chi connectivity index (χ1n) is 2.59. The SMILES string of the molecule is COc1cnc(Cl)cc1F. The molecule has 0 aliphatic carbocycles. The van der Waals surface area contributed by atoms with E-state index in [1.807, 2.05) is 0 Å². The number of aromatic nitrogens is 1. The van der Waals surface area contributed by atoms with Gasteiger partial charge in [0.05, 0.1) is 13.3 Å². The van der Waals surface area contributed by atoms with E-state index < -0.39 is 5.82 Å². The number of rotatable bonds is 1. The molecule has 0 spiro atoms. The predicted octanol–water partition coefficient (Wildman–Crippen LogP) is 1.88. The van der Waals surface area contributed by atoms with Crippen molar-refractivity contribution in [2.45, 2.75) is 0 Å². The van der Waals surface area contributed by atoms with E-state index in [9.17, 15) is 4.39 Å². The molecule has 2 nitrogen and oxygen atoms in total. The van der Waals surface area contributed by atoms with Crippen LogP contribution in [0.1, 0.15) is 0 Å². The van der Waals surface area contributed by atoms with Crippen molar-refractivity contribution in [1.29, 1.82) is 0 Å². The van der Waals surface area contributed by atoms with Crippen LogP contribution in [-0.4, -0.2) is 12.1 Å². The summed E-state index contributed by atoms with van der Waals surface area (Å²) in [6.45, 7) is 0. The lowest BCUT2D eigenvalue weighted by Crippen LogP contribution is -1.88. The van der Waals surface area contributed by atoms with Gasteiger partial charge in [-0.2, -0.15) is 0 Å². The number of halogens is 2. The van der Waals surface area contributed by atoms with E-state index in [4.69, 9.17) is 11.6 Å². The van der Waals surface area contributed by atoms with Crippen molar-refractivity contribution in [3.05, 3.63) is 23.2 Å². The summed E-state index contributed by atoms with van der Waals surface area (Å²) >= 11 is 5.37. The zero-order valence-corrected chi connectivity index (χ0v) is 6.02. The number of hydrogen-bond donors (Lipinski definition) is 0. The van der Waals surface area contributed by atoms with Gasteiger partial charge in [-0.05, 0) is 0 Å². The highest BCUT2D eigenvalue weighted by molar-refractivity contribution is 6.29. The largest absolute Gasteiger partial charge is 0.492 e. The fraction of sp³-hybridized carbons (Fsp3) is 0.167. The van der Waals surface area contributed by atoms with E-state index >= 15 is 0 Å². The maximum atomic E-state index is 12.6. The van der Waals surface area contributed by atoms with E-state index in [1.54, 1.807) is 0 Å². The zero-order chi connectivity index (χ0) is 7.56. The van der Waals surface area contributed by atoms with E-state index in [-0.39, 0.29) is 10.9 Å². The number of hydrogen-bond acceptors (Lipinski definition) is 2. The molecule has 0 amide bonds. The quantitative estimate of drug-likeness (QED) is 0.587.